The summed E-state index contributed by atoms with van der Waals surface area (Å²) in [5.74, 6) is -0.923. The fourth-order valence-corrected chi connectivity index (χ4v) is 4.51. The van der Waals surface area contributed by atoms with E-state index in [2.05, 4.69) is 42.4 Å². The van der Waals surface area contributed by atoms with Gasteiger partial charge in [0.25, 0.3) is 0 Å². The van der Waals surface area contributed by atoms with E-state index in [-0.39, 0.29) is 5.75 Å². The van der Waals surface area contributed by atoms with Crippen LogP contribution in [0.1, 0.15) is 41.8 Å². The summed E-state index contributed by atoms with van der Waals surface area (Å²) in [5.41, 5.74) is 3.23. The second-order valence-electron chi connectivity index (χ2n) is 7.52. The summed E-state index contributed by atoms with van der Waals surface area (Å²) in [6.07, 6.45) is 1.93. The van der Waals surface area contributed by atoms with Crippen molar-refractivity contribution in [2.45, 2.75) is 32.8 Å². The molecule has 1 aromatic carbocycles. The molecule has 9 nitrogen and oxygen atoms in total. The highest BCUT2D eigenvalue weighted by molar-refractivity contribution is 9.10. The van der Waals surface area contributed by atoms with E-state index in [1.807, 2.05) is 6.07 Å². The van der Waals surface area contributed by atoms with E-state index < -0.39 is 22.7 Å². The quantitative estimate of drug-likeness (QED) is 0.214. The van der Waals surface area contributed by atoms with E-state index in [0.717, 1.165) is 12.1 Å². The maximum Gasteiger partial charge on any atom is 0.406 e. The van der Waals surface area contributed by atoms with Crippen molar-refractivity contribution in [2.75, 3.05) is 0 Å². The minimum Gasteiger partial charge on any atom is -0.478 e. The van der Waals surface area contributed by atoms with Crippen LogP contribution in [-0.2, 0) is 19.9 Å². The largest absolute Gasteiger partial charge is 0.478 e. The molecular weight excluding hydrogens is 527 g/mol. The number of nitro groups is 1. The van der Waals surface area contributed by atoms with E-state index in [1.54, 1.807) is 20.0 Å². The van der Waals surface area contributed by atoms with Gasteiger partial charge in [-0.15, -0.1) is 0 Å². The molecule has 0 bridgehead atoms. The third kappa shape index (κ3) is 5.12. The van der Waals surface area contributed by atoms with Crippen LogP contribution in [0.25, 0.3) is 11.3 Å². The Morgan fingerprint density at radius 1 is 1.29 bits per heavy atom. The number of rotatable bonds is 8. The molecular formula is C22H20BrFN6O3S. The second-order valence-corrected chi connectivity index (χ2v) is 9.33. The van der Waals surface area contributed by atoms with Crippen LogP contribution in [0.3, 0.4) is 0 Å². The van der Waals surface area contributed by atoms with Gasteiger partial charge in [-0.2, -0.15) is 19.4 Å². The van der Waals surface area contributed by atoms with Gasteiger partial charge >= 0.3 is 5.82 Å². The highest BCUT2D eigenvalue weighted by Gasteiger charge is 2.24. The van der Waals surface area contributed by atoms with Gasteiger partial charge in [0.2, 0.25) is 5.75 Å². The van der Waals surface area contributed by atoms with Crippen molar-refractivity contribution in [3.8, 4) is 17.0 Å². The molecule has 3 heterocycles. The van der Waals surface area contributed by atoms with Crippen molar-refractivity contribution < 1.29 is 14.1 Å². The lowest BCUT2D eigenvalue weighted by molar-refractivity contribution is -0.390. The number of aromatic nitrogens is 5. The van der Waals surface area contributed by atoms with Crippen molar-refractivity contribution in [3.05, 3.63) is 78.8 Å². The molecule has 0 amide bonds. The van der Waals surface area contributed by atoms with Crippen molar-refractivity contribution in [2.24, 2.45) is 7.05 Å². The Hall–Kier alpha value is -3.25. The van der Waals surface area contributed by atoms with Crippen LogP contribution in [-0.4, -0.2) is 29.3 Å². The molecule has 0 aliphatic rings. The van der Waals surface area contributed by atoms with Gasteiger partial charge in [-0.25, -0.2) is 4.39 Å². The molecule has 0 N–H and O–H groups in total. The average Bonchev–Trinajstić information content (AvgIpc) is 3.39. The first-order valence-electron chi connectivity index (χ1n) is 10.4. The molecule has 34 heavy (non-hydrogen) atoms. The monoisotopic (exact) mass is 546 g/mol. The summed E-state index contributed by atoms with van der Waals surface area (Å²) in [5, 5.41) is 20.4. The van der Waals surface area contributed by atoms with E-state index in [4.69, 9.17) is 4.74 Å². The van der Waals surface area contributed by atoms with Crippen LogP contribution in [0.15, 0.2) is 41.0 Å². The van der Waals surface area contributed by atoms with Gasteiger partial charge in [-0.05, 0) is 75.0 Å². The maximum atomic E-state index is 14.3. The van der Waals surface area contributed by atoms with Crippen LogP contribution < -0.4 is 4.74 Å². The predicted molar refractivity (Wildman–Crippen MR) is 128 cm³/mol. The molecule has 0 radical (unpaired) electrons. The van der Waals surface area contributed by atoms with Gasteiger partial charge in [-0.1, -0.05) is 6.92 Å². The summed E-state index contributed by atoms with van der Waals surface area (Å²) >= 11 is 4.71. The van der Waals surface area contributed by atoms with Gasteiger partial charge in [0, 0.05) is 35.5 Å². The third-order valence-electron chi connectivity index (χ3n) is 5.07. The molecule has 0 aliphatic carbocycles. The topological polar surface area (TPSA) is 109 Å². The normalized spacial score (nSPS) is 12.0. The van der Waals surface area contributed by atoms with Gasteiger partial charge in [0.05, 0.1) is 15.9 Å². The van der Waals surface area contributed by atoms with Gasteiger partial charge < -0.3 is 14.9 Å². The molecule has 0 aliphatic heterocycles. The number of aryl methyl sites for hydroxylation is 2. The predicted octanol–water partition coefficient (Wildman–Crippen LogP) is 5.44. The first kappa shape index (κ1) is 23.9. The molecule has 176 valence electrons. The zero-order valence-corrected chi connectivity index (χ0v) is 20.9. The summed E-state index contributed by atoms with van der Waals surface area (Å²) < 4.78 is 25.2. The smallest absolute Gasteiger partial charge is 0.406 e. The van der Waals surface area contributed by atoms with Crippen LogP contribution in [0.4, 0.5) is 10.2 Å². The molecule has 0 saturated heterocycles. The fraction of sp³-hybridized carbons (Fsp3) is 0.273. The number of hydrogen-bond acceptors (Lipinski definition) is 8. The fourth-order valence-electron chi connectivity index (χ4n) is 3.53. The standard InChI is InChI=1S/C22H20BrFN6O3S/c1-4-16-9-15(28-34-16)10-19-21(27-29(3)26-19)17-6-5-14(24)8-18(17)12(2)33-20-7-13(23)11-25-22(20)30(31)32/h5-9,11-12H,4,10H2,1-3H3/t12-/m1/s1. The molecule has 4 rings (SSSR count). The molecule has 0 unspecified atom stereocenters. The lowest BCUT2D eigenvalue weighted by Crippen LogP contribution is -2.08. The summed E-state index contributed by atoms with van der Waals surface area (Å²) in [6, 6.07) is 7.80. The molecule has 0 fully saturated rings. The molecule has 1 atom stereocenters. The Balaban J connectivity index is 1.73. The summed E-state index contributed by atoms with van der Waals surface area (Å²) in [7, 11) is 1.71. The third-order valence-corrected chi connectivity index (χ3v) is 6.47. The number of benzene rings is 1. The lowest BCUT2D eigenvalue weighted by Gasteiger charge is -2.18. The number of halogens is 2. The van der Waals surface area contributed by atoms with Crippen LogP contribution in [0.5, 0.6) is 5.75 Å². The Morgan fingerprint density at radius 3 is 2.79 bits per heavy atom. The lowest BCUT2D eigenvalue weighted by atomic mass is 9.98. The zero-order chi connectivity index (χ0) is 24.4. The van der Waals surface area contributed by atoms with E-state index in [1.165, 1.54) is 45.6 Å². The number of ether oxygens (including phenoxy) is 1. The Bertz CT molecular complexity index is 1360. The maximum absolute atomic E-state index is 14.3. The summed E-state index contributed by atoms with van der Waals surface area (Å²) in [4.78, 5) is 17.2. The van der Waals surface area contributed by atoms with Gasteiger partial charge in [0.1, 0.15) is 17.6 Å². The Morgan fingerprint density at radius 2 is 2.09 bits per heavy atom. The molecule has 12 heteroatoms. The van der Waals surface area contributed by atoms with Crippen molar-refractivity contribution >= 4 is 33.3 Å². The molecule has 3 aromatic heterocycles. The summed E-state index contributed by atoms with van der Waals surface area (Å²) in [6.45, 7) is 3.76. The van der Waals surface area contributed by atoms with Crippen molar-refractivity contribution in [1.29, 1.82) is 0 Å². The average molecular weight is 547 g/mol. The van der Waals surface area contributed by atoms with E-state index >= 15 is 0 Å². The highest BCUT2D eigenvalue weighted by atomic mass is 79.9. The second kappa shape index (κ2) is 9.94. The van der Waals surface area contributed by atoms with Crippen molar-refractivity contribution in [3.63, 3.8) is 0 Å². The van der Waals surface area contributed by atoms with Gasteiger partial charge in [-0.3, -0.25) is 0 Å². The number of nitrogens with zero attached hydrogens (tertiary/aromatic N) is 6. The minimum atomic E-state index is -0.749. The van der Waals surface area contributed by atoms with Crippen molar-refractivity contribution in [1.82, 2.24) is 24.4 Å². The SMILES string of the molecule is CCc1cc(Cc2nn(C)nc2-c2ccc(F)cc2[C@@H](C)Oc2cc(Br)cnc2[N+](=O)[O-])ns1. The van der Waals surface area contributed by atoms with E-state index in [0.29, 0.717) is 33.4 Å². The first-order chi connectivity index (χ1) is 16.2. The van der Waals surface area contributed by atoms with Crippen LogP contribution in [0.2, 0.25) is 0 Å². The number of pyridine rings is 1. The Labute approximate surface area is 207 Å². The minimum absolute atomic E-state index is 0.0315. The number of hydrogen-bond donors (Lipinski definition) is 0. The molecule has 4 aromatic rings. The first-order valence-corrected chi connectivity index (χ1v) is 11.9. The van der Waals surface area contributed by atoms with Crippen LogP contribution >= 0.6 is 27.5 Å². The van der Waals surface area contributed by atoms with Gasteiger partial charge in [0.15, 0.2) is 6.20 Å². The molecule has 0 spiro atoms. The zero-order valence-electron chi connectivity index (χ0n) is 18.5. The van der Waals surface area contributed by atoms with Crippen LogP contribution in [0, 0.1) is 15.9 Å². The molecule has 0 saturated carbocycles. The Kier molecular flexibility index (Phi) is 6.98. The highest BCUT2D eigenvalue weighted by Crippen LogP contribution is 2.36. The van der Waals surface area contributed by atoms with E-state index in [9.17, 15) is 14.5 Å².